The molecule has 1 spiro atoms. The number of nitrogens with zero attached hydrogens (tertiary/aromatic N) is 3. The van der Waals surface area contributed by atoms with E-state index in [1.165, 1.54) is 24.0 Å². The van der Waals surface area contributed by atoms with Crippen molar-refractivity contribution in [1.29, 1.82) is 0 Å². The number of likely N-dealkylation sites (tertiary alicyclic amines) is 1. The van der Waals surface area contributed by atoms with E-state index in [9.17, 15) is 42.5 Å². The summed E-state index contributed by atoms with van der Waals surface area (Å²) in [5.74, 6) is -1.84. The van der Waals surface area contributed by atoms with E-state index in [1.54, 1.807) is 9.80 Å². The topological polar surface area (TPSA) is 160 Å². The number of para-hydroxylation sites is 1. The molecule has 1 aromatic heterocycles. The Morgan fingerprint density at radius 1 is 1.04 bits per heavy atom. The summed E-state index contributed by atoms with van der Waals surface area (Å²) in [4.78, 5) is 90.9. The molecule has 4 N–H and O–H groups in total. The molecule has 49 heavy (non-hydrogen) atoms. The zero-order chi connectivity index (χ0) is 34.8. The van der Waals surface area contributed by atoms with E-state index < -0.39 is 48.9 Å². The third kappa shape index (κ3) is 5.66. The summed E-state index contributed by atoms with van der Waals surface area (Å²) in [5.41, 5.74) is -3.74. The molecule has 5 amide bonds. The minimum absolute atomic E-state index is 0.119. The normalized spacial score (nSPS) is 25.4. The van der Waals surface area contributed by atoms with Gasteiger partial charge in [-0.25, -0.2) is 0 Å². The van der Waals surface area contributed by atoms with Gasteiger partial charge in [-0.15, -0.1) is 11.3 Å². The molecule has 3 saturated heterocycles. The van der Waals surface area contributed by atoms with Gasteiger partial charge in [0.2, 0.25) is 32.0 Å². The number of alkyl halides is 2. The standard InChI is InChI=1S/C33H34F2N5O7PS/c1-18(41)38-12-10-21-7-8-25(30(44)39-13-11-32(17-39)22-4-2-3-5-23(22)37-31(32)45)40(21)29(43)24(16-38)36-28(42)27-15-19-14-20(6-9-26(19)49-27)33(34,35)48(46)47/h2-6,9,14-15,21,24-25,46-47H,7-8,10-13,16-17H2,1H3,(H,36,42)(H,37,45)/t21-,24+,25+,32?/m1/s1. The monoisotopic (exact) mass is 713 g/mol. The molecule has 0 radical (unpaired) electrons. The lowest BCUT2D eigenvalue weighted by atomic mass is 9.81. The number of carbonyl (C=O) groups excluding carboxylic acids is 5. The van der Waals surface area contributed by atoms with Gasteiger partial charge in [-0.2, -0.15) is 8.78 Å². The maximum absolute atomic E-state index is 14.3. The summed E-state index contributed by atoms with van der Waals surface area (Å²) >= 11 is 1.01. The summed E-state index contributed by atoms with van der Waals surface area (Å²) in [6, 6.07) is 9.99. The molecule has 4 atom stereocenters. The van der Waals surface area contributed by atoms with Crippen molar-refractivity contribution in [2.24, 2.45) is 0 Å². The largest absolute Gasteiger partial charge is 0.346 e. The molecule has 1 unspecified atom stereocenters. The van der Waals surface area contributed by atoms with Gasteiger partial charge in [-0.05, 0) is 60.9 Å². The lowest BCUT2D eigenvalue weighted by molar-refractivity contribution is -0.148. The molecule has 0 saturated carbocycles. The molecule has 2 aromatic carbocycles. The van der Waals surface area contributed by atoms with Crippen LogP contribution in [-0.2, 0) is 30.3 Å². The highest BCUT2D eigenvalue weighted by Gasteiger charge is 2.54. The van der Waals surface area contributed by atoms with Crippen LogP contribution in [0.1, 0.15) is 53.4 Å². The van der Waals surface area contributed by atoms with E-state index in [4.69, 9.17) is 0 Å². The Morgan fingerprint density at radius 2 is 1.82 bits per heavy atom. The van der Waals surface area contributed by atoms with Gasteiger partial charge in [0.1, 0.15) is 12.1 Å². The number of hydrogen-bond donors (Lipinski definition) is 4. The van der Waals surface area contributed by atoms with Crippen molar-refractivity contribution in [1.82, 2.24) is 20.0 Å². The number of thiophene rings is 1. The Balaban J connectivity index is 1.12. The van der Waals surface area contributed by atoms with E-state index in [2.05, 4.69) is 10.6 Å². The van der Waals surface area contributed by atoms with Crippen molar-refractivity contribution in [3.63, 3.8) is 0 Å². The number of amides is 5. The van der Waals surface area contributed by atoms with E-state index in [0.29, 0.717) is 43.5 Å². The molecule has 12 nitrogen and oxygen atoms in total. The minimum atomic E-state index is -3.86. The van der Waals surface area contributed by atoms with E-state index in [-0.39, 0.29) is 47.1 Å². The molecule has 3 aromatic rings. The molecule has 0 bridgehead atoms. The van der Waals surface area contributed by atoms with Crippen LogP contribution in [0.5, 0.6) is 0 Å². The number of rotatable bonds is 5. The van der Waals surface area contributed by atoms with Gasteiger partial charge in [0, 0.05) is 55.1 Å². The van der Waals surface area contributed by atoms with Crippen molar-refractivity contribution in [3.05, 3.63) is 64.5 Å². The lowest BCUT2D eigenvalue weighted by Gasteiger charge is -2.39. The molecule has 3 fully saturated rings. The molecule has 4 aliphatic heterocycles. The van der Waals surface area contributed by atoms with Gasteiger partial charge in [0.15, 0.2) is 0 Å². The van der Waals surface area contributed by atoms with Crippen LogP contribution in [0.25, 0.3) is 10.1 Å². The number of nitrogens with one attached hydrogen (secondary N) is 2. The molecular formula is C33H34F2N5O7PS. The van der Waals surface area contributed by atoms with Crippen LogP contribution in [0.2, 0.25) is 0 Å². The van der Waals surface area contributed by atoms with Crippen molar-refractivity contribution >= 4 is 65.0 Å². The molecular weight excluding hydrogens is 679 g/mol. The number of benzene rings is 2. The highest BCUT2D eigenvalue weighted by Crippen LogP contribution is 2.53. The summed E-state index contributed by atoms with van der Waals surface area (Å²) in [7, 11) is -3.57. The fourth-order valence-electron chi connectivity index (χ4n) is 7.68. The van der Waals surface area contributed by atoms with Gasteiger partial charge in [0.25, 0.3) is 5.91 Å². The Morgan fingerprint density at radius 3 is 2.57 bits per heavy atom. The van der Waals surface area contributed by atoms with Crippen molar-refractivity contribution < 1.29 is 42.5 Å². The zero-order valence-corrected chi connectivity index (χ0v) is 28.1. The van der Waals surface area contributed by atoms with Crippen LogP contribution in [0.4, 0.5) is 14.5 Å². The van der Waals surface area contributed by atoms with Crippen molar-refractivity contribution in [3.8, 4) is 0 Å². The Bertz CT molecular complexity index is 1890. The van der Waals surface area contributed by atoms with Crippen LogP contribution in [0.15, 0.2) is 48.5 Å². The van der Waals surface area contributed by atoms with Gasteiger partial charge >= 0.3 is 5.66 Å². The first-order valence-electron chi connectivity index (χ1n) is 16.0. The highest BCUT2D eigenvalue weighted by atomic mass is 32.1. The Labute approximate surface area is 285 Å². The van der Waals surface area contributed by atoms with Gasteiger partial charge in [-0.3, -0.25) is 24.0 Å². The fraction of sp³-hybridized carbons (Fsp3) is 0.424. The Hall–Kier alpha value is -4.04. The minimum Gasteiger partial charge on any atom is -0.346 e. The van der Waals surface area contributed by atoms with E-state index in [1.807, 2.05) is 24.3 Å². The number of hydrogen-bond acceptors (Lipinski definition) is 8. The highest BCUT2D eigenvalue weighted by molar-refractivity contribution is 7.46. The number of carbonyl (C=O) groups is 5. The summed E-state index contributed by atoms with van der Waals surface area (Å²) in [6.45, 7) is 2.12. The maximum atomic E-state index is 14.3. The Kier molecular flexibility index (Phi) is 8.45. The first-order chi connectivity index (χ1) is 23.3. The number of fused-ring (bicyclic) bond motifs is 4. The quantitative estimate of drug-likeness (QED) is 0.296. The van der Waals surface area contributed by atoms with Crippen LogP contribution >= 0.6 is 19.7 Å². The second-order valence-electron chi connectivity index (χ2n) is 13.1. The zero-order valence-electron chi connectivity index (χ0n) is 26.4. The first-order valence-corrected chi connectivity index (χ1v) is 18.0. The fourth-order valence-corrected chi connectivity index (χ4v) is 9.00. The predicted molar refractivity (Wildman–Crippen MR) is 177 cm³/mol. The third-order valence-electron chi connectivity index (χ3n) is 10.3. The smallest absolute Gasteiger partial charge is 0.339 e. The SMILES string of the molecule is CC(=O)N1CC[C@H]2CC[C@@H](C(=O)N3CCC4(C3)C(=O)Nc3ccccc34)N2C(=O)[C@@H](NC(=O)c2cc3cc(C(F)(F)P(O)O)ccc3s2)C1. The van der Waals surface area contributed by atoms with Crippen molar-refractivity contribution in [2.75, 3.05) is 31.5 Å². The number of halogens is 2. The summed E-state index contributed by atoms with van der Waals surface area (Å²) in [5, 5.41) is 5.96. The van der Waals surface area contributed by atoms with Crippen LogP contribution in [-0.4, -0.2) is 98.3 Å². The summed E-state index contributed by atoms with van der Waals surface area (Å²) < 4.78 is 29.1. The first kappa shape index (κ1) is 33.5. The molecule has 16 heteroatoms. The van der Waals surface area contributed by atoms with Crippen LogP contribution in [0.3, 0.4) is 0 Å². The number of anilines is 1. The average molecular weight is 714 g/mol. The van der Waals surface area contributed by atoms with Crippen LogP contribution in [0, 0.1) is 0 Å². The van der Waals surface area contributed by atoms with Crippen molar-refractivity contribution in [2.45, 2.75) is 61.8 Å². The second-order valence-corrected chi connectivity index (χ2v) is 15.3. The van der Waals surface area contributed by atoms with Gasteiger partial charge < -0.3 is 35.1 Å². The van der Waals surface area contributed by atoms with Gasteiger partial charge in [-0.1, -0.05) is 24.3 Å². The van der Waals surface area contributed by atoms with E-state index in [0.717, 1.165) is 34.7 Å². The molecule has 5 heterocycles. The average Bonchev–Trinajstić information content (AvgIpc) is 3.85. The molecule has 4 aliphatic rings. The summed E-state index contributed by atoms with van der Waals surface area (Å²) in [6.07, 6.45) is 1.84. The molecule has 7 rings (SSSR count). The van der Waals surface area contributed by atoms with E-state index >= 15 is 0 Å². The molecule has 0 aliphatic carbocycles. The molecule has 258 valence electrons. The maximum Gasteiger partial charge on any atom is 0.339 e. The lowest BCUT2D eigenvalue weighted by Crippen LogP contribution is -2.61. The third-order valence-corrected chi connectivity index (χ3v) is 12.1. The van der Waals surface area contributed by atoms with Crippen LogP contribution < -0.4 is 10.6 Å². The second kappa shape index (κ2) is 12.4. The predicted octanol–water partition coefficient (Wildman–Crippen LogP) is 3.08. The van der Waals surface area contributed by atoms with Gasteiger partial charge in [0.05, 0.1) is 10.3 Å².